The van der Waals surface area contributed by atoms with Crippen molar-refractivity contribution in [3.63, 3.8) is 0 Å². The number of thiocarbonyl (C=S) groups is 1. The van der Waals surface area contributed by atoms with E-state index >= 15 is 0 Å². The lowest BCUT2D eigenvalue weighted by atomic mass is 10.1. The van der Waals surface area contributed by atoms with Gasteiger partial charge in [-0.1, -0.05) is 25.1 Å². The van der Waals surface area contributed by atoms with Gasteiger partial charge in [0.05, 0.1) is 6.04 Å². The summed E-state index contributed by atoms with van der Waals surface area (Å²) in [5.74, 6) is -0.0741. The third kappa shape index (κ3) is 1.93. The van der Waals surface area contributed by atoms with E-state index in [1.807, 2.05) is 25.1 Å². The molecule has 1 heterocycles. The van der Waals surface area contributed by atoms with E-state index in [-0.39, 0.29) is 11.9 Å². The summed E-state index contributed by atoms with van der Waals surface area (Å²) in [4.78, 5) is 13.8. The molecule has 0 N–H and O–H groups in total. The van der Waals surface area contributed by atoms with Gasteiger partial charge in [0, 0.05) is 5.56 Å². The quantitative estimate of drug-likeness (QED) is 0.736. The number of nitrogens with zero attached hydrogens (tertiary/aromatic N) is 1. The predicted octanol–water partition coefficient (Wildman–Crippen LogP) is 2.22. The third-order valence-electron chi connectivity index (χ3n) is 2.67. The topological polar surface area (TPSA) is 29.5 Å². The SMILES string of the molecule is CCC1COC(=S)N1C(=O)c1ccccc1. The van der Waals surface area contributed by atoms with Crippen molar-refractivity contribution < 1.29 is 9.53 Å². The van der Waals surface area contributed by atoms with E-state index in [1.165, 1.54) is 0 Å². The van der Waals surface area contributed by atoms with Crippen LogP contribution in [0, 0.1) is 0 Å². The Morgan fingerprint density at radius 2 is 2.19 bits per heavy atom. The molecule has 4 heteroatoms. The van der Waals surface area contributed by atoms with Gasteiger partial charge in [-0.2, -0.15) is 0 Å². The number of carbonyl (C=O) groups excluding carboxylic acids is 1. The van der Waals surface area contributed by atoms with Gasteiger partial charge in [-0.15, -0.1) is 0 Å². The molecule has 1 saturated heterocycles. The number of hydrogen-bond donors (Lipinski definition) is 0. The first-order valence-corrected chi connectivity index (χ1v) is 5.70. The van der Waals surface area contributed by atoms with Gasteiger partial charge in [-0.25, -0.2) is 0 Å². The van der Waals surface area contributed by atoms with Crippen LogP contribution in [0.2, 0.25) is 0 Å². The molecule has 84 valence electrons. The molecule has 1 aliphatic rings. The Bertz CT molecular complexity index is 405. The number of hydrogen-bond acceptors (Lipinski definition) is 3. The molecule has 1 aromatic rings. The number of carbonyl (C=O) groups is 1. The van der Waals surface area contributed by atoms with Gasteiger partial charge in [0.1, 0.15) is 6.61 Å². The van der Waals surface area contributed by atoms with Crippen LogP contribution in [0.3, 0.4) is 0 Å². The van der Waals surface area contributed by atoms with E-state index in [2.05, 4.69) is 0 Å². The lowest BCUT2D eigenvalue weighted by molar-refractivity contribution is 0.0822. The predicted molar refractivity (Wildman–Crippen MR) is 65.2 cm³/mol. The largest absolute Gasteiger partial charge is 0.468 e. The summed E-state index contributed by atoms with van der Waals surface area (Å²) in [6, 6.07) is 9.21. The molecule has 1 unspecified atom stereocenters. The van der Waals surface area contributed by atoms with E-state index in [4.69, 9.17) is 17.0 Å². The number of benzene rings is 1. The van der Waals surface area contributed by atoms with Crippen molar-refractivity contribution in [1.29, 1.82) is 0 Å². The molecule has 3 nitrogen and oxygen atoms in total. The molecule has 0 aromatic heterocycles. The van der Waals surface area contributed by atoms with Crippen molar-refractivity contribution in [2.24, 2.45) is 0 Å². The lowest BCUT2D eigenvalue weighted by Crippen LogP contribution is -2.38. The number of rotatable bonds is 2. The normalized spacial score (nSPS) is 19.7. The molecule has 1 atom stereocenters. The fourth-order valence-corrected chi connectivity index (χ4v) is 2.03. The van der Waals surface area contributed by atoms with E-state index in [0.29, 0.717) is 17.3 Å². The summed E-state index contributed by atoms with van der Waals surface area (Å²) in [5, 5.41) is 0.292. The van der Waals surface area contributed by atoms with Gasteiger partial charge in [-0.3, -0.25) is 9.69 Å². The van der Waals surface area contributed by atoms with E-state index in [9.17, 15) is 4.79 Å². The average molecular weight is 235 g/mol. The zero-order valence-electron chi connectivity index (χ0n) is 9.05. The zero-order chi connectivity index (χ0) is 11.5. The van der Waals surface area contributed by atoms with Crippen molar-refractivity contribution >= 4 is 23.3 Å². The maximum Gasteiger partial charge on any atom is 0.266 e. The summed E-state index contributed by atoms with van der Waals surface area (Å²) in [7, 11) is 0. The summed E-state index contributed by atoms with van der Waals surface area (Å²) < 4.78 is 5.25. The minimum absolute atomic E-state index is 0.0696. The summed E-state index contributed by atoms with van der Waals surface area (Å²) in [5.41, 5.74) is 0.647. The molecular formula is C12H13NO2S. The minimum atomic E-state index is -0.0741. The highest BCUT2D eigenvalue weighted by Crippen LogP contribution is 2.18. The van der Waals surface area contributed by atoms with Crippen LogP contribution in [0.1, 0.15) is 23.7 Å². The highest BCUT2D eigenvalue weighted by atomic mass is 32.1. The highest BCUT2D eigenvalue weighted by molar-refractivity contribution is 7.80. The lowest BCUT2D eigenvalue weighted by Gasteiger charge is -2.19. The molecule has 0 bridgehead atoms. The number of amides is 1. The minimum Gasteiger partial charge on any atom is -0.468 e. The smallest absolute Gasteiger partial charge is 0.266 e. The fraction of sp³-hybridized carbons (Fsp3) is 0.333. The Balaban J connectivity index is 2.24. The van der Waals surface area contributed by atoms with E-state index < -0.39 is 0 Å². The monoisotopic (exact) mass is 235 g/mol. The van der Waals surface area contributed by atoms with Gasteiger partial charge in [-0.05, 0) is 30.8 Å². The fourth-order valence-electron chi connectivity index (χ4n) is 1.73. The summed E-state index contributed by atoms with van der Waals surface area (Å²) >= 11 is 5.04. The van der Waals surface area contributed by atoms with E-state index in [1.54, 1.807) is 17.0 Å². The van der Waals surface area contributed by atoms with Crippen LogP contribution in [-0.2, 0) is 4.74 Å². The molecule has 0 saturated carbocycles. The molecule has 2 rings (SSSR count). The first kappa shape index (κ1) is 11.1. The molecular weight excluding hydrogens is 222 g/mol. The molecule has 0 aliphatic carbocycles. The van der Waals surface area contributed by atoms with Gasteiger partial charge >= 0.3 is 0 Å². The van der Waals surface area contributed by atoms with Gasteiger partial charge in [0.15, 0.2) is 0 Å². The summed E-state index contributed by atoms with van der Waals surface area (Å²) in [6.07, 6.45) is 0.846. The molecule has 0 spiro atoms. The van der Waals surface area contributed by atoms with E-state index in [0.717, 1.165) is 6.42 Å². The molecule has 1 fully saturated rings. The van der Waals surface area contributed by atoms with Gasteiger partial charge < -0.3 is 4.74 Å². The highest BCUT2D eigenvalue weighted by Gasteiger charge is 2.34. The number of ether oxygens (including phenoxy) is 1. The Morgan fingerprint density at radius 3 is 2.81 bits per heavy atom. The van der Waals surface area contributed by atoms with Crippen LogP contribution in [0.4, 0.5) is 0 Å². The van der Waals surface area contributed by atoms with Crippen molar-refractivity contribution in [1.82, 2.24) is 4.90 Å². The first-order chi connectivity index (χ1) is 7.74. The Kier molecular flexibility index (Phi) is 3.19. The molecule has 16 heavy (non-hydrogen) atoms. The maximum atomic E-state index is 12.2. The molecule has 1 aliphatic heterocycles. The second kappa shape index (κ2) is 4.61. The van der Waals surface area contributed by atoms with Gasteiger partial charge in [0.25, 0.3) is 11.1 Å². The Morgan fingerprint density at radius 1 is 1.50 bits per heavy atom. The van der Waals surface area contributed by atoms with Crippen molar-refractivity contribution in [2.45, 2.75) is 19.4 Å². The Labute approximate surface area is 100 Å². The van der Waals surface area contributed by atoms with Crippen LogP contribution >= 0.6 is 12.2 Å². The zero-order valence-corrected chi connectivity index (χ0v) is 9.87. The van der Waals surface area contributed by atoms with Gasteiger partial charge in [0.2, 0.25) is 0 Å². The van der Waals surface area contributed by atoms with Crippen LogP contribution in [-0.4, -0.2) is 28.6 Å². The molecule has 1 amide bonds. The van der Waals surface area contributed by atoms with Crippen LogP contribution in [0.15, 0.2) is 30.3 Å². The average Bonchev–Trinajstić information content (AvgIpc) is 2.70. The Hall–Kier alpha value is -1.42. The molecule has 1 aromatic carbocycles. The first-order valence-electron chi connectivity index (χ1n) is 5.29. The van der Waals surface area contributed by atoms with Crippen molar-refractivity contribution in [3.05, 3.63) is 35.9 Å². The maximum absolute atomic E-state index is 12.2. The second-order valence-electron chi connectivity index (χ2n) is 3.68. The third-order valence-corrected chi connectivity index (χ3v) is 2.99. The van der Waals surface area contributed by atoms with Crippen molar-refractivity contribution in [2.75, 3.05) is 6.61 Å². The molecule has 0 radical (unpaired) electrons. The van der Waals surface area contributed by atoms with Crippen LogP contribution in [0.5, 0.6) is 0 Å². The van der Waals surface area contributed by atoms with Crippen LogP contribution in [0.25, 0.3) is 0 Å². The van der Waals surface area contributed by atoms with Crippen LogP contribution < -0.4 is 0 Å². The standard InChI is InChI=1S/C12H13NO2S/c1-2-10-8-15-12(16)13(10)11(14)9-6-4-3-5-7-9/h3-7,10H,2,8H2,1H3. The summed E-state index contributed by atoms with van der Waals surface area (Å²) in [6.45, 7) is 2.53. The second-order valence-corrected chi connectivity index (χ2v) is 4.03. The van der Waals surface area contributed by atoms with Crippen molar-refractivity contribution in [3.8, 4) is 0 Å².